The maximum absolute atomic E-state index is 13.6. The Morgan fingerprint density at radius 1 is 1.12 bits per heavy atom. The van der Waals surface area contributed by atoms with Gasteiger partial charge >= 0.3 is 0 Å². The summed E-state index contributed by atoms with van der Waals surface area (Å²) in [6.07, 6.45) is 3.83. The molecule has 0 saturated heterocycles. The second-order valence-corrected chi connectivity index (χ2v) is 5.30. The van der Waals surface area contributed by atoms with Crippen LogP contribution in [0.5, 0.6) is 0 Å². The van der Waals surface area contributed by atoms with Gasteiger partial charge in [0.05, 0.1) is 6.10 Å². The third kappa shape index (κ3) is 1.86. The molecule has 0 amide bonds. The zero-order valence-electron chi connectivity index (χ0n) is 9.57. The summed E-state index contributed by atoms with van der Waals surface area (Å²) < 4.78 is 26.6. The van der Waals surface area contributed by atoms with Gasteiger partial charge in [-0.15, -0.1) is 0 Å². The molecular weight excluding hydrogens is 222 g/mol. The van der Waals surface area contributed by atoms with Crippen molar-refractivity contribution in [2.45, 2.75) is 31.8 Å². The Labute approximate surface area is 99.5 Å². The summed E-state index contributed by atoms with van der Waals surface area (Å²) in [5, 5.41) is 10.2. The molecule has 1 aromatic rings. The van der Waals surface area contributed by atoms with Crippen molar-refractivity contribution in [1.82, 2.24) is 0 Å². The average molecular weight is 238 g/mol. The molecule has 0 aromatic heterocycles. The summed E-state index contributed by atoms with van der Waals surface area (Å²) in [5.41, 5.74) is 0.129. The lowest BCUT2D eigenvalue weighted by atomic mass is 10.0. The number of hydrogen-bond acceptors (Lipinski definition) is 1. The molecule has 17 heavy (non-hydrogen) atoms. The van der Waals surface area contributed by atoms with Gasteiger partial charge in [-0.2, -0.15) is 0 Å². The normalized spacial score (nSPS) is 33.0. The van der Waals surface area contributed by atoms with E-state index in [1.54, 1.807) is 0 Å². The predicted molar refractivity (Wildman–Crippen MR) is 60.3 cm³/mol. The molecule has 3 unspecified atom stereocenters. The maximum atomic E-state index is 13.6. The van der Waals surface area contributed by atoms with E-state index in [-0.39, 0.29) is 11.5 Å². The van der Waals surface area contributed by atoms with E-state index in [9.17, 15) is 13.9 Å². The van der Waals surface area contributed by atoms with Crippen molar-refractivity contribution < 1.29 is 13.9 Å². The number of rotatable bonds is 2. The fraction of sp³-hybridized carbons (Fsp3) is 0.571. The number of fused-ring (bicyclic) bond motifs is 1. The maximum Gasteiger partial charge on any atom is 0.129 e. The summed E-state index contributed by atoms with van der Waals surface area (Å²) >= 11 is 0. The lowest BCUT2D eigenvalue weighted by Gasteiger charge is -2.12. The predicted octanol–water partition coefficient (Wildman–Crippen LogP) is 3.43. The molecule has 0 bridgehead atoms. The van der Waals surface area contributed by atoms with Gasteiger partial charge in [0.2, 0.25) is 0 Å². The number of benzene rings is 1. The van der Waals surface area contributed by atoms with Gasteiger partial charge in [-0.1, -0.05) is 12.8 Å². The summed E-state index contributed by atoms with van der Waals surface area (Å²) in [6, 6.07) is 3.32. The standard InChI is InChI=1S/C14H16F2O/c15-8-5-6-12(16)11(7-8)14(17)13-9-3-1-2-4-10(9)13/h5-7,9-10,13-14,17H,1-4H2. The molecule has 92 valence electrons. The average Bonchev–Trinajstić information content (AvgIpc) is 3.05. The Morgan fingerprint density at radius 2 is 1.76 bits per heavy atom. The Bertz CT molecular complexity index is 420. The molecule has 2 aliphatic rings. The van der Waals surface area contributed by atoms with Crippen LogP contribution in [0.4, 0.5) is 8.78 Å². The van der Waals surface area contributed by atoms with Crippen molar-refractivity contribution >= 4 is 0 Å². The van der Waals surface area contributed by atoms with E-state index in [0.717, 1.165) is 31.0 Å². The minimum Gasteiger partial charge on any atom is -0.388 e. The second-order valence-electron chi connectivity index (χ2n) is 5.30. The molecule has 3 rings (SSSR count). The van der Waals surface area contributed by atoms with Gasteiger partial charge in [0.15, 0.2) is 0 Å². The van der Waals surface area contributed by atoms with Crippen LogP contribution in [-0.4, -0.2) is 5.11 Å². The number of aliphatic hydroxyl groups is 1. The van der Waals surface area contributed by atoms with Crippen molar-refractivity contribution in [1.29, 1.82) is 0 Å². The lowest BCUT2D eigenvalue weighted by Crippen LogP contribution is -2.05. The molecule has 2 saturated carbocycles. The van der Waals surface area contributed by atoms with Crippen molar-refractivity contribution in [2.75, 3.05) is 0 Å². The molecule has 0 radical (unpaired) electrons. The SMILES string of the molecule is OC(c1cc(F)ccc1F)C1C2CCCCC21. The van der Waals surface area contributed by atoms with Crippen LogP contribution in [0.2, 0.25) is 0 Å². The fourth-order valence-corrected chi connectivity index (χ4v) is 3.46. The van der Waals surface area contributed by atoms with Crippen molar-refractivity contribution in [3.63, 3.8) is 0 Å². The van der Waals surface area contributed by atoms with Crippen LogP contribution in [0.1, 0.15) is 37.4 Å². The summed E-state index contributed by atoms with van der Waals surface area (Å²) in [7, 11) is 0. The van der Waals surface area contributed by atoms with E-state index in [2.05, 4.69) is 0 Å². The van der Waals surface area contributed by atoms with E-state index in [0.29, 0.717) is 11.8 Å². The third-order valence-corrected chi connectivity index (χ3v) is 4.36. The minimum absolute atomic E-state index is 0.129. The summed E-state index contributed by atoms with van der Waals surface area (Å²) in [4.78, 5) is 0. The topological polar surface area (TPSA) is 20.2 Å². The van der Waals surface area contributed by atoms with Gasteiger partial charge in [-0.3, -0.25) is 0 Å². The van der Waals surface area contributed by atoms with E-state index in [1.807, 2.05) is 0 Å². The van der Waals surface area contributed by atoms with Crippen molar-refractivity contribution in [3.8, 4) is 0 Å². The zero-order chi connectivity index (χ0) is 12.0. The van der Waals surface area contributed by atoms with Gasteiger partial charge < -0.3 is 5.11 Å². The Kier molecular flexibility index (Phi) is 2.66. The first-order valence-electron chi connectivity index (χ1n) is 6.31. The zero-order valence-corrected chi connectivity index (χ0v) is 9.57. The van der Waals surface area contributed by atoms with Gasteiger partial charge in [0.25, 0.3) is 0 Å². The van der Waals surface area contributed by atoms with Crippen LogP contribution in [-0.2, 0) is 0 Å². The largest absolute Gasteiger partial charge is 0.388 e. The lowest BCUT2D eigenvalue weighted by molar-refractivity contribution is 0.137. The monoisotopic (exact) mass is 238 g/mol. The number of aliphatic hydroxyl groups excluding tert-OH is 1. The van der Waals surface area contributed by atoms with E-state index in [4.69, 9.17) is 0 Å². The Morgan fingerprint density at radius 3 is 2.41 bits per heavy atom. The van der Waals surface area contributed by atoms with Gasteiger partial charge in [0.1, 0.15) is 11.6 Å². The molecule has 0 aliphatic heterocycles. The Balaban J connectivity index is 1.82. The van der Waals surface area contributed by atoms with Crippen LogP contribution >= 0.6 is 0 Å². The quantitative estimate of drug-likeness (QED) is 0.836. The number of halogens is 2. The highest BCUT2D eigenvalue weighted by Gasteiger charge is 2.54. The molecule has 1 nitrogen and oxygen atoms in total. The first kappa shape index (κ1) is 11.1. The molecule has 1 N–H and O–H groups in total. The molecular formula is C14H16F2O. The van der Waals surface area contributed by atoms with Crippen LogP contribution in [0, 0.1) is 29.4 Å². The first-order chi connectivity index (χ1) is 8.18. The third-order valence-electron chi connectivity index (χ3n) is 4.36. The fourth-order valence-electron chi connectivity index (χ4n) is 3.46. The highest BCUT2D eigenvalue weighted by Crippen LogP contribution is 2.60. The molecule has 2 aliphatic carbocycles. The first-order valence-corrected chi connectivity index (χ1v) is 6.31. The van der Waals surface area contributed by atoms with Crippen LogP contribution in [0.3, 0.4) is 0 Å². The van der Waals surface area contributed by atoms with Gasteiger partial charge in [-0.25, -0.2) is 8.78 Å². The van der Waals surface area contributed by atoms with Crippen LogP contribution in [0.25, 0.3) is 0 Å². The van der Waals surface area contributed by atoms with E-state index >= 15 is 0 Å². The van der Waals surface area contributed by atoms with E-state index < -0.39 is 17.7 Å². The van der Waals surface area contributed by atoms with E-state index in [1.165, 1.54) is 12.8 Å². The van der Waals surface area contributed by atoms with Crippen LogP contribution < -0.4 is 0 Å². The molecule has 3 atom stereocenters. The van der Waals surface area contributed by atoms with Gasteiger partial charge in [-0.05, 0) is 48.8 Å². The molecule has 0 spiro atoms. The Hall–Kier alpha value is -0.960. The molecule has 2 fully saturated rings. The molecule has 0 heterocycles. The van der Waals surface area contributed by atoms with Crippen LogP contribution in [0.15, 0.2) is 18.2 Å². The number of hydrogen-bond donors (Lipinski definition) is 1. The summed E-state index contributed by atoms with van der Waals surface area (Å²) in [6.45, 7) is 0. The minimum atomic E-state index is -0.834. The van der Waals surface area contributed by atoms with Crippen molar-refractivity contribution in [2.24, 2.45) is 17.8 Å². The van der Waals surface area contributed by atoms with Crippen molar-refractivity contribution in [3.05, 3.63) is 35.4 Å². The molecule has 1 aromatic carbocycles. The summed E-state index contributed by atoms with van der Waals surface area (Å²) in [5.74, 6) is 0.225. The second kappa shape index (κ2) is 4.05. The highest BCUT2D eigenvalue weighted by molar-refractivity contribution is 5.24. The highest BCUT2D eigenvalue weighted by atomic mass is 19.1. The van der Waals surface area contributed by atoms with Gasteiger partial charge in [0, 0.05) is 5.56 Å². The smallest absolute Gasteiger partial charge is 0.129 e. The molecule has 3 heteroatoms.